The van der Waals surface area contributed by atoms with Crippen LogP contribution in [-0.4, -0.2) is 18.0 Å². The average molecular weight is 306 g/mol. The number of aromatic nitrogens is 1. The molecule has 0 spiro atoms. The van der Waals surface area contributed by atoms with E-state index in [2.05, 4.69) is 10.3 Å². The molecular weight excluding hydrogens is 290 g/mol. The first-order valence-corrected chi connectivity index (χ1v) is 6.76. The van der Waals surface area contributed by atoms with E-state index in [1.165, 1.54) is 0 Å². The van der Waals surface area contributed by atoms with Gasteiger partial charge in [0, 0.05) is 35.4 Å². The fraction of sp³-hybridized carbons (Fsp3) is 0.200. The van der Waals surface area contributed by atoms with Crippen molar-refractivity contribution in [3.8, 4) is 5.88 Å². The van der Waals surface area contributed by atoms with Gasteiger partial charge in [0.15, 0.2) is 0 Å². The Bertz CT molecular complexity index is 647. The van der Waals surface area contributed by atoms with Gasteiger partial charge in [-0.05, 0) is 23.8 Å². The first kappa shape index (κ1) is 15.3. The normalized spacial score (nSPS) is 10.4. The lowest BCUT2D eigenvalue weighted by molar-refractivity contribution is 0.100. The smallest absolute Gasteiger partial charge is 0.248 e. The molecule has 1 aromatic carbocycles. The van der Waals surface area contributed by atoms with Gasteiger partial charge >= 0.3 is 0 Å². The quantitative estimate of drug-likeness (QED) is 0.857. The first-order chi connectivity index (χ1) is 10.1. The summed E-state index contributed by atoms with van der Waals surface area (Å²) in [5.41, 5.74) is 7.46. The zero-order chi connectivity index (χ0) is 15.2. The lowest BCUT2D eigenvalue weighted by Crippen LogP contribution is -2.15. The summed E-state index contributed by atoms with van der Waals surface area (Å²) in [4.78, 5) is 15.2. The minimum absolute atomic E-state index is 0.401. The topological polar surface area (TPSA) is 77.2 Å². The predicted octanol–water partition coefficient (Wildman–Crippen LogP) is 2.13. The Labute approximate surface area is 128 Å². The van der Waals surface area contributed by atoms with Crippen molar-refractivity contribution in [2.45, 2.75) is 13.1 Å². The summed E-state index contributed by atoms with van der Waals surface area (Å²) in [7, 11) is 1.59. The number of carbonyl (C=O) groups is 1. The van der Waals surface area contributed by atoms with Crippen molar-refractivity contribution in [2.75, 3.05) is 7.11 Å². The maximum absolute atomic E-state index is 11.1. The van der Waals surface area contributed by atoms with Crippen LogP contribution in [-0.2, 0) is 13.1 Å². The lowest BCUT2D eigenvalue weighted by Gasteiger charge is -2.10. The first-order valence-electron chi connectivity index (χ1n) is 6.38. The number of nitrogens with two attached hydrogens (primary N) is 1. The van der Waals surface area contributed by atoms with Crippen LogP contribution in [0.5, 0.6) is 5.88 Å². The number of carbonyl (C=O) groups excluding carboxylic acids is 1. The highest BCUT2D eigenvalue weighted by atomic mass is 35.5. The molecule has 3 N–H and O–H groups in total. The van der Waals surface area contributed by atoms with Crippen LogP contribution in [0, 0.1) is 0 Å². The van der Waals surface area contributed by atoms with Crippen molar-refractivity contribution >= 4 is 17.5 Å². The lowest BCUT2D eigenvalue weighted by atomic mass is 10.1. The highest BCUT2D eigenvalue weighted by molar-refractivity contribution is 6.31. The largest absolute Gasteiger partial charge is 0.481 e. The highest BCUT2D eigenvalue weighted by Gasteiger charge is 2.07. The third kappa shape index (κ3) is 3.93. The van der Waals surface area contributed by atoms with Crippen molar-refractivity contribution in [3.63, 3.8) is 0 Å². The molecular formula is C15H16ClN3O2. The summed E-state index contributed by atoms with van der Waals surface area (Å²) in [6, 6.07) is 8.82. The molecule has 110 valence electrons. The number of methoxy groups -OCH3 is 1. The van der Waals surface area contributed by atoms with Crippen molar-refractivity contribution in [3.05, 3.63) is 58.2 Å². The summed E-state index contributed by atoms with van der Waals surface area (Å²) in [6.45, 7) is 1.17. The minimum Gasteiger partial charge on any atom is -0.481 e. The number of rotatable bonds is 6. The van der Waals surface area contributed by atoms with Gasteiger partial charge in [-0.1, -0.05) is 23.7 Å². The number of pyridine rings is 1. The van der Waals surface area contributed by atoms with E-state index in [9.17, 15) is 4.79 Å². The molecule has 2 rings (SSSR count). The Morgan fingerprint density at radius 2 is 2.10 bits per heavy atom. The van der Waals surface area contributed by atoms with E-state index in [-0.39, 0.29) is 0 Å². The van der Waals surface area contributed by atoms with Crippen LogP contribution in [0.3, 0.4) is 0 Å². The second-order valence-corrected chi connectivity index (χ2v) is 4.85. The Kier molecular flexibility index (Phi) is 5.14. The van der Waals surface area contributed by atoms with Crippen molar-refractivity contribution in [2.24, 2.45) is 5.73 Å². The molecule has 1 heterocycles. The number of nitrogens with one attached hydrogen (secondary N) is 1. The Balaban J connectivity index is 1.99. The number of halogens is 1. The van der Waals surface area contributed by atoms with Gasteiger partial charge in [0.25, 0.3) is 0 Å². The van der Waals surface area contributed by atoms with E-state index in [1.807, 2.05) is 12.1 Å². The zero-order valence-electron chi connectivity index (χ0n) is 11.6. The second-order valence-electron chi connectivity index (χ2n) is 4.45. The molecule has 21 heavy (non-hydrogen) atoms. The van der Waals surface area contributed by atoms with Crippen LogP contribution in [0.2, 0.25) is 5.02 Å². The summed E-state index contributed by atoms with van der Waals surface area (Å²) < 4.78 is 5.19. The minimum atomic E-state index is -0.489. The maximum Gasteiger partial charge on any atom is 0.248 e. The van der Waals surface area contributed by atoms with Gasteiger partial charge < -0.3 is 15.8 Å². The van der Waals surface area contributed by atoms with Crippen molar-refractivity contribution in [1.82, 2.24) is 10.3 Å². The van der Waals surface area contributed by atoms with Crippen LogP contribution in [0.1, 0.15) is 21.5 Å². The van der Waals surface area contributed by atoms with Gasteiger partial charge in [-0.15, -0.1) is 0 Å². The summed E-state index contributed by atoms with van der Waals surface area (Å²) in [5, 5.41) is 3.77. The van der Waals surface area contributed by atoms with Crippen LogP contribution >= 0.6 is 11.6 Å². The van der Waals surface area contributed by atoms with Gasteiger partial charge in [-0.2, -0.15) is 0 Å². The van der Waals surface area contributed by atoms with E-state index in [0.29, 0.717) is 29.6 Å². The van der Waals surface area contributed by atoms with Crippen molar-refractivity contribution in [1.29, 1.82) is 0 Å². The molecule has 2 aromatic rings. The molecule has 0 aliphatic carbocycles. The molecule has 5 nitrogen and oxygen atoms in total. The third-order valence-electron chi connectivity index (χ3n) is 3.01. The summed E-state index contributed by atoms with van der Waals surface area (Å²) in [5.74, 6) is 0.108. The van der Waals surface area contributed by atoms with Crippen LogP contribution in [0.15, 0.2) is 36.5 Å². The Morgan fingerprint density at radius 1 is 1.33 bits per heavy atom. The van der Waals surface area contributed by atoms with Gasteiger partial charge in [0.2, 0.25) is 11.8 Å². The van der Waals surface area contributed by atoms with E-state index in [4.69, 9.17) is 22.1 Å². The summed E-state index contributed by atoms with van der Waals surface area (Å²) >= 11 is 6.13. The Hall–Kier alpha value is -2.11. The molecule has 0 fully saturated rings. The fourth-order valence-corrected chi connectivity index (χ4v) is 2.17. The fourth-order valence-electron chi connectivity index (χ4n) is 1.92. The molecule has 0 saturated carbocycles. The second kappa shape index (κ2) is 7.06. The maximum atomic E-state index is 11.1. The number of benzene rings is 1. The van der Waals surface area contributed by atoms with Gasteiger partial charge in [0.05, 0.1) is 7.11 Å². The van der Waals surface area contributed by atoms with E-state index in [1.54, 1.807) is 31.5 Å². The van der Waals surface area contributed by atoms with E-state index < -0.39 is 5.91 Å². The Morgan fingerprint density at radius 3 is 2.76 bits per heavy atom. The third-order valence-corrected chi connectivity index (χ3v) is 3.36. The van der Waals surface area contributed by atoms with E-state index >= 15 is 0 Å². The number of amides is 1. The monoisotopic (exact) mass is 305 g/mol. The molecule has 1 amide bonds. The number of hydrogen-bond acceptors (Lipinski definition) is 4. The molecule has 0 bridgehead atoms. The van der Waals surface area contributed by atoms with Gasteiger partial charge in [-0.25, -0.2) is 4.98 Å². The van der Waals surface area contributed by atoms with Gasteiger partial charge in [-0.3, -0.25) is 4.79 Å². The summed E-state index contributed by atoms with van der Waals surface area (Å²) in [6.07, 6.45) is 1.68. The molecule has 0 unspecified atom stereocenters. The highest BCUT2D eigenvalue weighted by Crippen LogP contribution is 2.18. The van der Waals surface area contributed by atoms with Gasteiger partial charge in [0.1, 0.15) is 0 Å². The van der Waals surface area contributed by atoms with Crippen LogP contribution in [0.4, 0.5) is 0 Å². The number of primary amides is 1. The molecule has 0 aliphatic rings. The number of nitrogens with zero attached hydrogens (tertiary/aromatic N) is 1. The number of ether oxygens (including phenoxy) is 1. The number of hydrogen-bond donors (Lipinski definition) is 2. The molecule has 0 saturated heterocycles. The van der Waals surface area contributed by atoms with E-state index in [0.717, 1.165) is 11.1 Å². The standard InChI is InChI=1S/C15H16ClN3O2/c1-21-15-12(3-2-6-19-15)9-18-8-11-5-4-10(14(17)20)7-13(11)16/h2-7,18H,8-9H2,1H3,(H2,17,20). The average Bonchev–Trinajstić information content (AvgIpc) is 2.49. The molecule has 1 aromatic heterocycles. The molecule has 6 heteroatoms. The van der Waals surface area contributed by atoms with Crippen molar-refractivity contribution < 1.29 is 9.53 Å². The molecule has 0 radical (unpaired) electrons. The van der Waals surface area contributed by atoms with Crippen LogP contribution in [0.25, 0.3) is 0 Å². The van der Waals surface area contributed by atoms with Crippen LogP contribution < -0.4 is 15.8 Å². The zero-order valence-corrected chi connectivity index (χ0v) is 12.4. The SMILES string of the molecule is COc1ncccc1CNCc1ccc(C(N)=O)cc1Cl. The molecule has 0 aliphatic heterocycles. The molecule has 0 atom stereocenters. The predicted molar refractivity (Wildman–Crippen MR) is 81.3 cm³/mol.